The lowest BCUT2D eigenvalue weighted by atomic mass is 10.1. The van der Waals surface area contributed by atoms with E-state index in [1.165, 1.54) is 0 Å². The summed E-state index contributed by atoms with van der Waals surface area (Å²) < 4.78 is 11.2. The number of ether oxygens (including phenoxy) is 2. The third-order valence-corrected chi connectivity index (χ3v) is 5.31. The molecule has 1 aromatic heterocycles. The SMILES string of the molecule is Cc1cc2nc(OC(C)C)c(C(=O)Nc3ccc(N4CCOCC4)cc3)nc2cc1C. The predicted octanol–water partition coefficient (Wildman–Crippen LogP) is 4.12. The number of fused-ring (bicyclic) bond motifs is 1. The number of amides is 1. The molecule has 2 aromatic carbocycles. The summed E-state index contributed by atoms with van der Waals surface area (Å²) in [4.78, 5) is 24.5. The first kappa shape index (κ1) is 21.1. The van der Waals surface area contributed by atoms with Crippen LogP contribution in [0, 0.1) is 13.8 Å². The smallest absolute Gasteiger partial charge is 0.279 e. The van der Waals surface area contributed by atoms with Crippen LogP contribution in [0.5, 0.6) is 5.88 Å². The standard InChI is InChI=1S/C24H28N4O3/c1-15(2)31-24-22(26-20-13-16(3)17(4)14-21(20)27-24)23(29)25-18-5-7-19(8-6-18)28-9-11-30-12-10-28/h5-8,13-15H,9-12H2,1-4H3,(H,25,29). The Morgan fingerprint density at radius 3 is 2.26 bits per heavy atom. The number of carbonyl (C=O) groups is 1. The van der Waals surface area contributed by atoms with Crippen molar-refractivity contribution < 1.29 is 14.3 Å². The van der Waals surface area contributed by atoms with Gasteiger partial charge in [0.1, 0.15) is 0 Å². The van der Waals surface area contributed by atoms with E-state index in [9.17, 15) is 4.79 Å². The van der Waals surface area contributed by atoms with Gasteiger partial charge in [-0.15, -0.1) is 0 Å². The maximum absolute atomic E-state index is 13.1. The van der Waals surface area contributed by atoms with Crippen molar-refractivity contribution in [1.29, 1.82) is 0 Å². The lowest BCUT2D eigenvalue weighted by Gasteiger charge is -2.28. The zero-order valence-electron chi connectivity index (χ0n) is 18.4. The number of aromatic nitrogens is 2. The molecule has 1 N–H and O–H groups in total. The maximum Gasteiger partial charge on any atom is 0.279 e. The number of aryl methyl sites for hydroxylation is 2. The van der Waals surface area contributed by atoms with Gasteiger partial charge >= 0.3 is 0 Å². The Hall–Kier alpha value is -3.19. The van der Waals surface area contributed by atoms with Crippen molar-refractivity contribution in [1.82, 2.24) is 9.97 Å². The number of nitrogens with one attached hydrogen (secondary N) is 1. The lowest BCUT2D eigenvalue weighted by molar-refractivity contribution is 0.101. The van der Waals surface area contributed by atoms with E-state index in [1.807, 2.05) is 64.1 Å². The molecule has 0 spiro atoms. The summed E-state index contributed by atoms with van der Waals surface area (Å²) in [5.74, 6) is -0.101. The van der Waals surface area contributed by atoms with Crippen LogP contribution in [0.2, 0.25) is 0 Å². The highest BCUT2D eigenvalue weighted by Gasteiger charge is 2.20. The van der Waals surface area contributed by atoms with Gasteiger partial charge < -0.3 is 19.7 Å². The van der Waals surface area contributed by atoms with Crippen molar-refractivity contribution in [2.24, 2.45) is 0 Å². The van der Waals surface area contributed by atoms with E-state index in [0.29, 0.717) is 16.7 Å². The first-order valence-electron chi connectivity index (χ1n) is 10.6. The fourth-order valence-corrected chi connectivity index (χ4v) is 3.52. The summed E-state index contributed by atoms with van der Waals surface area (Å²) >= 11 is 0. The number of hydrogen-bond acceptors (Lipinski definition) is 6. The van der Waals surface area contributed by atoms with E-state index in [-0.39, 0.29) is 23.6 Å². The summed E-state index contributed by atoms with van der Waals surface area (Å²) in [6.45, 7) is 11.1. The topological polar surface area (TPSA) is 76.6 Å². The Bertz CT molecular complexity index is 1090. The zero-order valence-corrected chi connectivity index (χ0v) is 18.4. The van der Waals surface area contributed by atoms with Crippen LogP contribution in [0.1, 0.15) is 35.5 Å². The van der Waals surface area contributed by atoms with Gasteiger partial charge in [-0.2, -0.15) is 0 Å². The predicted molar refractivity (Wildman–Crippen MR) is 122 cm³/mol. The molecule has 1 aliphatic heterocycles. The van der Waals surface area contributed by atoms with E-state index >= 15 is 0 Å². The molecule has 4 rings (SSSR count). The largest absolute Gasteiger partial charge is 0.473 e. The number of morpholine rings is 1. The van der Waals surface area contributed by atoms with Gasteiger partial charge in [-0.3, -0.25) is 4.79 Å². The molecule has 0 atom stereocenters. The van der Waals surface area contributed by atoms with Crippen LogP contribution in [0.3, 0.4) is 0 Å². The summed E-state index contributed by atoms with van der Waals surface area (Å²) in [6, 6.07) is 11.7. The monoisotopic (exact) mass is 420 g/mol. The molecule has 0 bridgehead atoms. The Labute approximate surface area is 182 Å². The van der Waals surface area contributed by atoms with E-state index in [4.69, 9.17) is 9.47 Å². The Morgan fingerprint density at radius 2 is 1.65 bits per heavy atom. The second-order valence-electron chi connectivity index (χ2n) is 8.07. The van der Waals surface area contributed by atoms with Crippen LogP contribution in [0.4, 0.5) is 11.4 Å². The van der Waals surface area contributed by atoms with Crippen molar-refractivity contribution in [2.45, 2.75) is 33.8 Å². The number of carbonyl (C=O) groups excluding carboxylic acids is 1. The minimum Gasteiger partial charge on any atom is -0.473 e. The second kappa shape index (κ2) is 8.89. The fraction of sp³-hybridized carbons (Fsp3) is 0.375. The first-order chi connectivity index (χ1) is 14.9. The first-order valence-corrected chi connectivity index (χ1v) is 10.6. The molecule has 3 aromatic rings. The van der Waals surface area contributed by atoms with Gasteiger partial charge in [0.05, 0.1) is 30.4 Å². The van der Waals surface area contributed by atoms with Gasteiger partial charge in [-0.25, -0.2) is 9.97 Å². The highest BCUT2D eigenvalue weighted by Crippen LogP contribution is 2.25. The highest BCUT2D eigenvalue weighted by molar-refractivity contribution is 6.05. The molecular formula is C24H28N4O3. The third kappa shape index (κ3) is 4.77. The van der Waals surface area contributed by atoms with E-state index < -0.39 is 0 Å². The summed E-state index contributed by atoms with van der Waals surface area (Å²) in [5, 5.41) is 2.93. The minimum absolute atomic E-state index is 0.127. The molecule has 2 heterocycles. The lowest BCUT2D eigenvalue weighted by Crippen LogP contribution is -2.36. The molecule has 0 aliphatic carbocycles. The number of nitrogens with zero attached hydrogens (tertiary/aromatic N) is 3. The number of anilines is 2. The summed E-state index contributed by atoms with van der Waals surface area (Å²) in [5.41, 5.74) is 5.60. The highest BCUT2D eigenvalue weighted by atomic mass is 16.5. The van der Waals surface area contributed by atoms with Crippen LogP contribution in [-0.4, -0.2) is 48.3 Å². The Kier molecular flexibility index (Phi) is 6.04. The van der Waals surface area contributed by atoms with Crippen LogP contribution < -0.4 is 15.0 Å². The molecule has 0 saturated carbocycles. The summed E-state index contributed by atoms with van der Waals surface area (Å²) in [6.07, 6.45) is -0.127. The van der Waals surface area contributed by atoms with E-state index in [1.54, 1.807) is 0 Å². The average molecular weight is 421 g/mol. The molecular weight excluding hydrogens is 392 g/mol. The zero-order chi connectivity index (χ0) is 22.0. The summed E-state index contributed by atoms with van der Waals surface area (Å²) in [7, 11) is 0. The van der Waals surface area contributed by atoms with E-state index in [2.05, 4.69) is 20.2 Å². The Balaban J connectivity index is 1.60. The van der Waals surface area contributed by atoms with Gasteiger partial charge in [0.25, 0.3) is 5.91 Å². The molecule has 1 aliphatic rings. The molecule has 7 heteroatoms. The molecule has 1 amide bonds. The van der Waals surface area contributed by atoms with Gasteiger partial charge in [0.2, 0.25) is 5.88 Å². The molecule has 162 valence electrons. The average Bonchev–Trinajstić information content (AvgIpc) is 2.75. The van der Waals surface area contributed by atoms with Gasteiger partial charge in [0, 0.05) is 24.5 Å². The van der Waals surface area contributed by atoms with Crippen LogP contribution in [0.15, 0.2) is 36.4 Å². The van der Waals surface area contributed by atoms with Crippen LogP contribution in [-0.2, 0) is 4.74 Å². The molecule has 1 fully saturated rings. The van der Waals surface area contributed by atoms with Crippen molar-refractivity contribution in [2.75, 3.05) is 36.5 Å². The van der Waals surface area contributed by atoms with Crippen LogP contribution in [0.25, 0.3) is 11.0 Å². The number of benzene rings is 2. The molecule has 1 saturated heterocycles. The van der Waals surface area contributed by atoms with Gasteiger partial charge in [-0.1, -0.05) is 0 Å². The van der Waals surface area contributed by atoms with Crippen molar-refractivity contribution >= 4 is 28.3 Å². The van der Waals surface area contributed by atoms with Crippen molar-refractivity contribution in [3.05, 3.63) is 53.2 Å². The van der Waals surface area contributed by atoms with Crippen molar-refractivity contribution in [3.63, 3.8) is 0 Å². The quantitative estimate of drug-likeness (QED) is 0.669. The van der Waals surface area contributed by atoms with Crippen molar-refractivity contribution in [3.8, 4) is 5.88 Å². The maximum atomic E-state index is 13.1. The molecule has 0 unspecified atom stereocenters. The normalized spacial score (nSPS) is 14.2. The molecule has 7 nitrogen and oxygen atoms in total. The number of rotatable bonds is 5. The Morgan fingerprint density at radius 1 is 1.03 bits per heavy atom. The second-order valence-corrected chi connectivity index (χ2v) is 8.07. The third-order valence-electron chi connectivity index (χ3n) is 5.31. The molecule has 0 radical (unpaired) electrons. The van der Waals surface area contributed by atoms with Crippen LogP contribution >= 0.6 is 0 Å². The van der Waals surface area contributed by atoms with E-state index in [0.717, 1.165) is 43.1 Å². The fourth-order valence-electron chi connectivity index (χ4n) is 3.52. The number of hydrogen-bond donors (Lipinski definition) is 1. The van der Waals surface area contributed by atoms with Gasteiger partial charge in [-0.05, 0) is 75.2 Å². The minimum atomic E-state index is -0.345. The molecule has 31 heavy (non-hydrogen) atoms. The van der Waals surface area contributed by atoms with Gasteiger partial charge in [0.15, 0.2) is 5.69 Å².